The van der Waals surface area contributed by atoms with Gasteiger partial charge in [-0.1, -0.05) is 12.1 Å². The molecule has 7 heteroatoms. The van der Waals surface area contributed by atoms with E-state index < -0.39 is 0 Å². The van der Waals surface area contributed by atoms with Crippen LogP contribution >= 0.6 is 11.3 Å². The van der Waals surface area contributed by atoms with E-state index >= 15 is 0 Å². The van der Waals surface area contributed by atoms with Gasteiger partial charge in [0, 0.05) is 17.5 Å². The van der Waals surface area contributed by atoms with Gasteiger partial charge < -0.3 is 9.64 Å². The number of ketones is 1. The van der Waals surface area contributed by atoms with Crippen LogP contribution in [0.2, 0.25) is 0 Å². The molecule has 0 aliphatic carbocycles. The van der Waals surface area contributed by atoms with Crippen LogP contribution in [0.5, 0.6) is 5.75 Å². The second-order valence-corrected chi connectivity index (χ2v) is 7.34. The average molecular weight is 383 g/mol. The zero-order valence-electron chi connectivity index (χ0n) is 15.5. The van der Waals surface area contributed by atoms with Crippen molar-refractivity contribution in [2.75, 3.05) is 7.05 Å². The molecule has 1 amide bonds. The zero-order chi connectivity index (χ0) is 19.4. The predicted molar refractivity (Wildman–Crippen MR) is 104 cm³/mol. The van der Waals surface area contributed by atoms with Crippen LogP contribution in [0.1, 0.15) is 43.9 Å². The van der Waals surface area contributed by atoms with E-state index in [4.69, 9.17) is 4.74 Å². The van der Waals surface area contributed by atoms with Crippen LogP contribution in [-0.4, -0.2) is 33.8 Å². The van der Waals surface area contributed by atoms with Gasteiger partial charge in [-0.2, -0.15) is 5.10 Å². The van der Waals surface area contributed by atoms with E-state index in [-0.39, 0.29) is 18.3 Å². The Morgan fingerprint density at radius 1 is 1.26 bits per heavy atom. The molecular formula is C20H21N3O3S. The van der Waals surface area contributed by atoms with Gasteiger partial charge in [-0.05, 0) is 49.1 Å². The molecule has 0 spiro atoms. The first-order valence-corrected chi connectivity index (χ1v) is 9.38. The fraction of sp³-hybridized carbons (Fsp3) is 0.250. The molecule has 1 N–H and O–H groups in total. The molecule has 0 aliphatic heterocycles. The summed E-state index contributed by atoms with van der Waals surface area (Å²) in [4.78, 5) is 26.8. The van der Waals surface area contributed by atoms with Gasteiger partial charge in [0.15, 0.2) is 11.5 Å². The summed E-state index contributed by atoms with van der Waals surface area (Å²) in [7, 11) is 1.76. The number of nitrogens with one attached hydrogen (secondary N) is 1. The Morgan fingerprint density at radius 3 is 2.78 bits per heavy atom. The first-order valence-electron chi connectivity index (χ1n) is 8.50. The van der Waals surface area contributed by atoms with E-state index in [1.165, 1.54) is 12.5 Å². The van der Waals surface area contributed by atoms with Crippen LogP contribution in [0.4, 0.5) is 0 Å². The standard InChI is InChI=1S/C20H21N3O3S/c1-13-7-8-27-19(13)11-23(3)20(25)18-10-16(21-22-18)12-26-17-6-4-5-15(9-17)14(2)24/h4-10H,11-12H2,1-3H3,(H,21,22). The van der Waals surface area contributed by atoms with Crippen LogP contribution in [0.15, 0.2) is 41.8 Å². The molecule has 1 aromatic carbocycles. The van der Waals surface area contributed by atoms with Gasteiger partial charge in [-0.25, -0.2) is 0 Å². The van der Waals surface area contributed by atoms with Gasteiger partial charge in [0.25, 0.3) is 5.91 Å². The lowest BCUT2D eigenvalue weighted by Gasteiger charge is -2.15. The third-order valence-corrected chi connectivity index (χ3v) is 5.19. The number of rotatable bonds is 7. The van der Waals surface area contributed by atoms with E-state index in [0.29, 0.717) is 29.2 Å². The number of Topliss-reactive ketones (excluding diaryl/α,β-unsaturated/α-hetero) is 1. The Labute approximate surface area is 161 Å². The SMILES string of the molecule is CC(=O)c1cccc(OCc2cc(C(=O)N(C)Cc3sccc3C)n[nH]2)c1. The number of amides is 1. The monoisotopic (exact) mass is 383 g/mol. The van der Waals surface area contributed by atoms with Gasteiger partial charge in [-0.3, -0.25) is 14.7 Å². The molecule has 3 rings (SSSR count). The number of aryl methyl sites for hydroxylation is 1. The maximum absolute atomic E-state index is 12.6. The summed E-state index contributed by atoms with van der Waals surface area (Å²) in [6.07, 6.45) is 0. The second-order valence-electron chi connectivity index (χ2n) is 6.34. The average Bonchev–Trinajstić information content (AvgIpc) is 3.29. The summed E-state index contributed by atoms with van der Waals surface area (Å²) in [5.41, 5.74) is 2.82. The van der Waals surface area contributed by atoms with E-state index in [2.05, 4.69) is 10.2 Å². The van der Waals surface area contributed by atoms with Crippen molar-refractivity contribution >= 4 is 23.0 Å². The predicted octanol–water partition coefficient (Wildman–Crippen LogP) is 3.83. The van der Waals surface area contributed by atoms with E-state index in [0.717, 1.165) is 4.88 Å². The van der Waals surface area contributed by atoms with Gasteiger partial charge in [-0.15, -0.1) is 11.3 Å². The highest BCUT2D eigenvalue weighted by Crippen LogP contribution is 2.19. The Morgan fingerprint density at radius 2 is 2.07 bits per heavy atom. The maximum Gasteiger partial charge on any atom is 0.274 e. The number of hydrogen-bond donors (Lipinski definition) is 1. The number of ether oxygens (including phenoxy) is 1. The number of benzene rings is 1. The highest BCUT2D eigenvalue weighted by atomic mass is 32.1. The van der Waals surface area contributed by atoms with Crippen molar-refractivity contribution in [1.29, 1.82) is 0 Å². The number of thiophene rings is 1. The van der Waals surface area contributed by atoms with Crippen LogP contribution in [0, 0.1) is 6.92 Å². The summed E-state index contributed by atoms with van der Waals surface area (Å²) in [5, 5.41) is 8.95. The third kappa shape index (κ3) is 4.62. The summed E-state index contributed by atoms with van der Waals surface area (Å²) in [6.45, 7) is 4.34. The van der Waals surface area contributed by atoms with Crippen LogP contribution < -0.4 is 4.74 Å². The lowest BCUT2D eigenvalue weighted by molar-refractivity contribution is 0.0780. The summed E-state index contributed by atoms with van der Waals surface area (Å²) in [6, 6.07) is 10.7. The minimum atomic E-state index is -0.149. The van der Waals surface area contributed by atoms with Crippen molar-refractivity contribution in [1.82, 2.24) is 15.1 Å². The van der Waals surface area contributed by atoms with E-state index in [1.54, 1.807) is 53.6 Å². The van der Waals surface area contributed by atoms with Crippen LogP contribution in [-0.2, 0) is 13.2 Å². The first kappa shape index (κ1) is 18.8. The number of aromatic nitrogens is 2. The molecule has 0 atom stereocenters. The zero-order valence-corrected chi connectivity index (χ0v) is 16.3. The van der Waals surface area contributed by atoms with E-state index in [9.17, 15) is 9.59 Å². The molecule has 0 unspecified atom stereocenters. The van der Waals surface area contributed by atoms with Crippen molar-refractivity contribution in [2.45, 2.75) is 27.0 Å². The number of H-pyrrole nitrogens is 1. The highest BCUT2D eigenvalue weighted by Gasteiger charge is 2.17. The lowest BCUT2D eigenvalue weighted by Crippen LogP contribution is -2.26. The molecular weight excluding hydrogens is 362 g/mol. The van der Waals surface area contributed by atoms with Gasteiger partial charge in [0.1, 0.15) is 12.4 Å². The number of nitrogens with zero attached hydrogens (tertiary/aromatic N) is 2. The molecule has 0 saturated carbocycles. The molecule has 0 radical (unpaired) electrons. The summed E-state index contributed by atoms with van der Waals surface area (Å²) in [5.74, 6) is 0.429. The summed E-state index contributed by atoms with van der Waals surface area (Å²) >= 11 is 1.64. The molecule has 2 aromatic heterocycles. The van der Waals surface area contributed by atoms with Crippen molar-refractivity contribution in [3.05, 3.63) is 69.2 Å². The number of carbonyl (C=O) groups is 2. The minimum Gasteiger partial charge on any atom is -0.487 e. The Balaban J connectivity index is 1.61. The molecule has 27 heavy (non-hydrogen) atoms. The van der Waals surface area contributed by atoms with Gasteiger partial charge in [0.2, 0.25) is 0 Å². The Hall–Kier alpha value is -2.93. The Kier molecular flexibility index (Phi) is 5.71. The third-order valence-electron chi connectivity index (χ3n) is 4.18. The number of aromatic amines is 1. The molecule has 0 bridgehead atoms. The molecule has 0 fully saturated rings. The molecule has 0 aliphatic rings. The van der Waals surface area contributed by atoms with Crippen molar-refractivity contribution in [3.63, 3.8) is 0 Å². The molecule has 2 heterocycles. The molecule has 6 nitrogen and oxygen atoms in total. The van der Waals surface area contributed by atoms with E-state index in [1.807, 2.05) is 18.4 Å². The van der Waals surface area contributed by atoms with Crippen molar-refractivity contribution in [3.8, 4) is 5.75 Å². The topological polar surface area (TPSA) is 75.3 Å². The van der Waals surface area contributed by atoms with Gasteiger partial charge in [0.05, 0.1) is 12.2 Å². The van der Waals surface area contributed by atoms with Gasteiger partial charge >= 0.3 is 0 Å². The van der Waals surface area contributed by atoms with Crippen LogP contribution in [0.25, 0.3) is 0 Å². The largest absolute Gasteiger partial charge is 0.487 e. The fourth-order valence-electron chi connectivity index (χ4n) is 2.56. The molecule has 3 aromatic rings. The highest BCUT2D eigenvalue weighted by molar-refractivity contribution is 7.10. The lowest BCUT2D eigenvalue weighted by atomic mass is 10.1. The molecule has 0 saturated heterocycles. The summed E-state index contributed by atoms with van der Waals surface area (Å²) < 4.78 is 5.69. The minimum absolute atomic E-state index is 0.0149. The quantitative estimate of drug-likeness (QED) is 0.629. The number of hydrogen-bond acceptors (Lipinski definition) is 5. The normalized spacial score (nSPS) is 10.6. The van der Waals surface area contributed by atoms with Crippen molar-refractivity contribution < 1.29 is 14.3 Å². The Bertz CT molecular complexity index is 961. The molecule has 140 valence electrons. The smallest absolute Gasteiger partial charge is 0.274 e. The number of carbonyl (C=O) groups excluding carboxylic acids is 2. The first-order chi connectivity index (χ1) is 12.9. The van der Waals surface area contributed by atoms with Crippen molar-refractivity contribution in [2.24, 2.45) is 0 Å². The second kappa shape index (κ2) is 8.18. The fourth-order valence-corrected chi connectivity index (χ4v) is 3.52. The van der Waals surface area contributed by atoms with Crippen LogP contribution in [0.3, 0.4) is 0 Å². The maximum atomic E-state index is 12.6.